The molecule has 35 heavy (non-hydrogen) atoms. The molecule has 7 nitrogen and oxygen atoms in total. The summed E-state index contributed by atoms with van der Waals surface area (Å²) in [4.78, 5) is 40.2. The smallest absolute Gasteiger partial charge is 0.247 e. The van der Waals surface area contributed by atoms with Gasteiger partial charge in [-0.15, -0.1) is 11.8 Å². The van der Waals surface area contributed by atoms with Crippen molar-refractivity contribution < 1.29 is 23.9 Å². The summed E-state index contributed by atoms with van der Waals surface area (Å²) >= 11 is 1.32. The van der Waals surface area contributed by atoms with Gasteiger partial charge < -0.3 is 15.2 Å². The first-order valence-corrected chi connectivity index (χ1v) is 11.7. The maximum atomic E-state index is 12.9. The summed E-state index contributed by atoms with van der Waals surface area (Å²) in [6, 6.07) is 19.0. The zero-order valence-electron chi connectivity index (χ0n) is 19.3. The average Bonchev–Trinajstić information content (AvgIpc) is 3.14. The fraction of sp³-hybridized carbons (Fsp3) is 0.148. The third kappa shape index (κ3) is 5.38. The van der Waals surface area contributed by atoms with Crippen molar-refractivity contribution in [3.05, 3.63) is 83.9 Å². The number of ketones is 1. The molecule has 0 bridgehead atoms. The minimum Gasteiger partial charge on any atom is -0.497 e. The molecule has 0 aromatic heterocycles. The number of hydrogen-bond donors (Lipinski definition) is 1. The Labute approximate surface area is 207 Å². The van der Waals surface area contributed by atoms with Crippen molar-refractivity contribution in [3.63, 3.8) is 0 Å². The van der Waals surface area contributed by atoms with Crippen molar-refractivity contribution >= 4 is 46.8 Å². The number of rotatable bonds is 8. The maximum Gasteiger partial charge on any atom is 0.247 e. The number of nitrogens with zero attached hydrogens (tertiary/aromatic N) is 1. The number of benzene rings is 3. The standard InChI is InChI=1S/C27H24N2O5S/c1-33-21-12-8-18(24(15-21)34-2)9-13-23(30)17-6-10-20(11-7-17)29-26(31)16-25(27(29)32)35-22-5-3-4-19(28)14-22/h3-15,25H,16,28H2,1-2H3/b13-9+. The lowest BCUT2D eigenvalue weighted by atomic mass is 10.1. The second-order valence-corrected chi connectivity index (χ2v) is 9.08. The molecule has 1 heterocycles. The summed E-state index contributed by atoms with van der Waals surface area (Å²) in [6.45, 7) is 0. The van der Waals surface area contributed by atoms with Gasteiger partial charge in [0.15, 0.2) is 5.78 Å². The summed E-state index contributed by atoms with van der Waals surface area (Å²) < 4.78 is 10.5. The van der Waals surface area contributed by atoms with Crippen LogP contribution in [0.5, 0.6) is 11.5 Å². The van der Waals surface area contributed by atoms with Crippen LogP contribution in [0.25, 0.3) is 6.08 Å². The van der Waals surface area contributed by atoms with E-state index in [2.05, 4.69) is 0 Å². The first-order chi connectivity index (χ1) is 16.9. The van der Waals surface area contributed by atoms with Gasteiger partial charge in [-0.25, -0.2) is 4.90 Å². The monoisotopic (exact) mass is 488 g/mol. The molecule has 0 saturated carbocycles. The van der Waals surface area contributed by atoms with Crippen molar-refractivity contribution in [1.29, 1.82) is 0 Å². The van der Waals surface area contributed by atoms with Crippen LogP contribution in [0.1, 0.15) is 22.3 Å². The fourth-order valence-corrected chi connectivity index (χ4v) is 4.83. The molecule has 8 heteroatoms. The number of nitrogens with two attached hydrogens (primary N) is 1. The molecule has 0 radical (unpaired) electrons. The molecule has 1 atom stereocenters. The topological polar surface area (TPSA) is 98.9 Å². The largest absolute Gasteiger partial charge is 0.497 e. The molecular weight excluding hydrogens is 464 g/mol. The Bertz CT molecular complexity index is 1300. The molecule has 1 fully saturated rings. The van der Waals surface area contributed by atoms with Gasteiger partial charge in [0, 0.05) is 34.2 Å². The predicted octanol–water partition coefficient (Wildman–Crippen LogP) is 4.61. The third-order valence-electron chi connectivity index (χ3n) is 5.51. The molecular formula is C27H24N2O5S. The molecule has 178 valence electrons. The van der Waals surface area contributed by atoms with E-state index < -0.39 is 5.25 Å². The quantitative estimate of drug-likeness (QED) is 0.214. The lowest BCUT2D eigenvalue weighted by molar-refractivity contribution is -0.121. The van der Waals surface area contributed by atoms with Crippen molar-refractivity contribution in [2.75, 3.05) is 24.9 Å². The van der Waals surface area contributed by atoms with E-state index in [9.17, 15) is 14.4 Å². The Balaban J connectivity index is 1.45. The number of hydrogen-bond acceptors (Lipinski definition) is 7. The summed E-state index contributed by atoms with van der Waals surface area (Å²) in [6.07, 6.45) is 3.22. The minimum absolute atomic E-state index is 0.103. The van der Waals surface area contributed by atoms with Gasteiger partial charge in [0.25, 0.3) is 0 Å². The normalized spacial score (nSPS) is 15.6. The summed E-state index contributed by atoms with van der Waals surface area (Å²) in [5, 5.41) is -0.520. The summed E-state index contributed by atoms with van der Waals surface area (Å²) in [7, 11) is 3.12. The Hall–Kier alpha value is -4.04. The number of imide groups is 1. The van der Waals surface area contributed by atoms with E-state index in [1.54, 1.807) is 74.9 Å². The van der Waals surface area contributed by atoms with Crippen LogP contribution < -0.4 is 20.1 Å². The molecule has 2 amide bonds. The number of ether oxygens (including phenoxy) is 2. The molecule has 1 unspecified atom stereocenters. The van der Waals surface area contributed by atoms with Crippen LogP contribution in [-0.4, -0.2) is 37.1 Å². The number of allylic oxidation sites excluding steroid dienone is 1. The maximum absolute atomic E-state index is 12.9. The SMILES string of the molecule is COc1ccc(/C=C/C(=O)c2ccc(N3C(=O)CC(Sc4cccc(N)c4)C3=O)cc2)c(OC)c1. The lowest BCUT2D eigenvalue weighted by Crippen LogP contribution is -2.31. The second-order valence-electron chi connectivity index (χ2n) is 7.80. The third-order valence-corrected chi connectivity index (χ3v) is 6.69. The number of carbonyl (C=O) groups is 3. The minimum atomic E-state index is -0.520. The highest BCUT2D eigenvalue weighted by Crippen LogP contribution is 2.34. The Morgan fingerprint density at radius 3 is 2.49 bits per heavy atom. The molecule has 3 aromatic carbocycles. The molecule has 0 aliphatic carbocycles. The van der Waals surface area contributed by atoms with Crippen molar-refractivity contribution in [2.45, 2.75) is 16.6 Å². The van der Waals surface area contributed by atoms with Crippen LogP contribution in [0.15, 0.2) is 77.7 Å². The summed E-state index contributed by atoms with van der Waals surface area (Å²) in [5.74, 6) is 0.458. The van der Waals surface area contributed by atoms with Crippen LogP contribution in [0.4, 0.5) is 11.4 Å². The van der Waals surface area contributed by atoms with Crippen LogP contribution >= 0.6 is 11.8 Å². The van der Waals surface area contributed by atoms with E-state index in [-0.39, 0.29) is 24.0 Å². The van der Waals surface area contributed by atoms with Gasteiger partial charge in [-0.3, -0.25) is 14.4 Å². The van der Waals surface area contributed by atoms with Gasteiger partial charge in [0.05, 0.1) is 25.2 Å². The highest BCUT2D eigenvalue weighted by atomic mass is 32.2. The predicted molar refractivity (Wildman–Crippen MR) is 137 cm³/mol. The average molecular weight is 489 g/mol. The zero-order chi connectivity index (χ0) is 24.9. The van der Waals surface area contributed by atoms with Gasteiger partial charge in [0.2, 0.25) is 11.8 Å². The molecule has 2 N–H and O–H groups in total. The first-order valence-electron chi connectivity index (χ1n) is 10.8. The van der Waals surface area contributed by atoms with E-state index in [4.69, 9.17) is 15.2 Å². The molecule has 1 aliphatic rings. The second kappa shape index (κ2) is 10.5. The first kappa shape index (κ1) is 24.1. The molecule has 3 aromatic rings. The van der Waals surface area contributed by atoms with E-state index in [0.717, 1.165) is 10.5 Å². The van der Waals surface area contributed by atoms with Crippen LogP contribution in [0.3, 0.4) is 0 Å². The number of carbonyl (C=O) groups excluding carboxylic acids is 3. The molecule has 0 spiro atoms. The summed E-state index contributed by atoms with van der Waals surface area (Å²) in [5.41, 5.74) is 8.02. The van der Waals surface area contributed by atoms with Crippen molar-refractivity contribution in [2.24, 2.45) is 0 Å². The van der Waals surface area contributed by atoms with Gasteiger partial charge in [-0.1, -0.05) is 6.07 Å². The van der Waals surface area contributed by atoms with Crippen molar-refractivity contribution in [3.8, 4) is 11.5 Å². The highest BCUT2D eigenvalue weighted by molar-refractivity contribution is 8.00. The van der Waals surface area contributed by atoms with Crippen LogP contribution in [-0.2, 0) is 9.59 Å². The van der Waals surface area contributed by atoms with E-state index in [0.29, 0.717) is 28.4 Å². The number of methoxy groups -OCH3 is 2. The van der Waals surface area contributed by atoms with E-state index >= 15 is 0 Å². The van der Waals surface area contributed by atoms with E-state index in [1.807, 2.05) is 12.1 Å². The number of amides is 2. The zero-order valence-corrected chi connectivity index (χ0v) is 20.1. The number of thioether (sulfide) groups is 1. The van der Waals surface area contributed by atoms with Crippen LogP contribution in [0.2, 0.25) is 0 Å². The Kier molecular flexibility index (Phi) is 7.22. The number of anilines is 2. The Morgan fingerprint density at radius 2 is 1.80 bits per heavy atom. The molecule has 4 rings (SSSR count). The van der Waals surface area contributed by atoms with Gasteiger partial charge in [-0.2, -0.15) is 0 Å². The van der Waals surface area contributed by atoms with Gasteiger partial charge in [-0.05, 0) is 66.7 Å². The van der Waals surface area contributed by atoms with Crippen LogP contribution in [0, 0.1) is 0 Å². The highest BCUT2D eigenvalue weighted by Gasteiger charge is 2.40. The molecule has 1 saturated heterocycles. The number of nitrogen functional groups attached to an aromatic ring is 1. The van der Waals surface area contributed by atoms with Crippen molar-refractivity contribution in [1.82, 2.24) is 0 Å². The fourth-order valence-electron chi connectivity index (χ4n) is 3.71. The Morgan fingerprint density at radius 1 is 1.03 bits per heavy atom. The molecule has 1 aliphatic heterocycles. The lowest BCUT2D eigenvalue weighted by Gasteiger charge is -2.15. The van der Waals surface area contributed by atoms with Gasteiger partial charge in [0.1, 0.15) is 11.5 Å². The van der Waals surface area contributed by atoms with Gasteiger partial charge >= 0.3 is 0 Å². The van der Waals surface area contributed by atoms with E-state index in [1.165, 1.54) is 22.7 Å².